The predicted molar refractivity (Wildman–Crippen MR) is 95.9 cm³/mol. The van der Waals surface area contributed by atoms with Crippen LogP contribution in [-0.2, 0) is 6.54 Å². The minimum Gasteiger partial charge on any atom is -0.495 e. The van der Waals surface area contributed by atoms with Crippen LogP contribution in [0.2, 0.25) is 0 Å². The van der Waals surface area contributed by atoms with Crippen LogP contribution in [0.15, 0.2) is 21.1 Å². The second kappa shape index (κ2) is 8.54. The van der Waals surface area contributed by atoms with E-state index < -0.39 is 0 Å². The van der Waals surface area contributed by atoms with Gasteiger partial charge >= 0.3 is 0 Å². The maximum atomic E-state index is 5.51. The van der Waals surface area contributed by atoms with Gasteiger partial charge < -0.3 is 10.1 Å². The van der Waals surface area contributed by atoms with E-state index in [-0.39, 0.29) is 0 Å². The molecule has 1 fully saturated rings. The average molecular weight is 419 g/mol. The second-order valence-corrected chi connectivity index (χ2v) is 7.74. The standard InChI is InChI=1S/C17H25Br2NO/c1-3-4-12-5-7-15(8-6-12)20-11-13-9-14(18)10-16(19)17(13)21-2/h9-10,12,15,20H,3-8,11H2,1-2H3. The SMILES string of the molecule is CCCC1CCC(NCc2cc(Br)cc(Br)c2OC)CC1. The van der Waals surface area contributed by atoms with Crippen molar-refractivity contribution in [2.75, 3.05) is 7.11 Å². The van der Waals surface area contributed by atoms with Gasteiger partial charge in [-0.25, -0.2) is 0 Å². The van der Waals surface area contributed by atoms with E-state index in [1.807, 2.05) is 6.07 Å². The molecular formula is C17H25Br2NO. The zero-order valence-electron chi connectivity index (χ0n) is 12.9. The summed E-state index contributed by atoms with van der Waals surface area (Å²) in [7, 11) is 1.73. The van der Waals surface area contributed by atoms with Gasteiger partial charge in [0, 0.05) is 22.6 Å². The Hall–Kier alpha value is -0.0600. The van der Waals surface area contributed by atoms with Gasteiger partial charge in [0.15, 0.2) is 0 Å². The molecule has 21 heavy (non-hydrogen) atoms. The highest BCUT2D eigenvalue weighted by Gasteiger charge is 2.20. The number of nitrogens with one attached hydrogen (secondary N) is 1. The van der Waals surface area contributed by atoms with Crippen LogP contribution in [0.25, 0.3) is 0 Å². The second-order valence-electron chi connectivity index (χ2n) is 5.97. The number of halogens is 2. The minimum atomic E-state index is 0.653. The molecule has 0 radical (unpaired) electrons. The molecular weight excluding hydrogens is 394 g/mol. The molecule has 1 N–H and O–H groups in total. The van der Waals surface area contributed by atoms with Gasteiger partial charge in [-0.15, -0.1) is 0 Å². The Bertz CT molecular complexity index is 456. The molecule has 118 valence electrons. The van der Waals surface area contributed by atoms with Gasteiger partial charge in [-0.1, -0.05) is 35.7 Å². The van der Waals surface area contributed by atoms with E-state index in [4.69, 9.17) is 4.74 Å². The molecule has 0 aliphatic heterocycles. The van der Waals surface area contributed by atoms with Gasteiger partial charge in [-0.3, -0.25) is 0 Å². The fraction of sp³-hybridized carbons (Fsp3) is 0.647. The first-order valence-corrected chi connectivity index (χ1v) is 9.48. The van der Waals surface area contributed by atoms with E-state index in [1.165, 1.54) is 44.1 Å². The summed E-state index contributed by atoms with van der Waals surface area (Å²) in [6.07, 6.45) is 8.10. The monoisotopic (exact) mass is 417 g/mol. The lowest BCUT2D eigenvalue weighted by atomic mass is 9.83. The van der Waals surface area contributed by atoms with Crippen molar-refractivity contribution >= 4 is 31.9 Å². The number of methoxy groups -OCH3 is 1. The van der Waals surface area contributed by atoms with E-state index in [9.17, 15) is 0 Å². The fourth-order valence-electron chi connectivity index (χ4n) is 3.29. The normalized spacial score (nSPS) is 22.3. The first-order valence-electron chi connectivity index (χ1n) is 7.89. The Morgan fingerprint density at radius 2 is 1.90 bits per heavy atom. The zero-order valence-corrected chi connectivity index (χ0v) is 16.1. The smallest absolute Gasteiger partial charge is 0.137 e. The molecule has 0 aromatic heterocycles. The highest BCUT2D eigenvalue weighted by atomic mass is 79.9. The van der Waals surface area contributed by atoms with Gasteiger partial charge in [-0.05, 0) is 59.7 Å². The van der Waals surface area contributed by atoms with Crippen molar-refractivity contribution < 1.29 is 4.74 Å². The number of hydrogen-bond donors (Lipinski definition) is 1. The summed E-state index contributed by atoms with van der Waals surface area (Å²) in [6, 6.07) is 4.82. The Balaban J connectivity index is 1.89. The largest absolute Gasteiger partial charge is 0.495 e. The summed E-state index contributed by atoms with van der Waals surface area (Å²) in [5.41, 5.74) is 1.20. The third kappa shape index (κ3) is 4.97. The molecule has 1 aromatic carbocycles. The Kier molecular flexibility index (Phi) is 7.03. The molecule has 0 spiro atoms. The number of rotatable bonds is 6. The van der Waals surface area contributed by atoms with Crippen LogP contribution < -0.4 is 10.1 Å². The maximum absolute atomic E-state index is 5.51. The van der Waals surface area contributed by atoms with Crippen LogP contribution in [0, 0.1) is 5.92 Å². The van der Waals surface area contributed by atoms with Crippen molar-refractivity contribution in [2.45, 2.75) is 58.0 Å². The lowest BCUT2D eigenvalue weighted by molar-refractivity contribution is 0.276. The Labute approximate surface area is 145 Å². The number of hydrogen-bond acceptors (Lipinski definition) is 2. The van der Waals surface area contributed by atoms with Crippen molar-refractivity contribution in [2.24, 2.45) is 5.92 Å². The lowest BCUT2D eigenvalue weighted by Gasteiger charge is -2.29. The highest BCUT2D eigenvalue weighted by molar-refractivity contribution is 9.11. The summed E-state index contributed by atoms with van der Waals surface area (Å²) in [6.45, 7) is 3.16. The average Bonchev–Trinajstić information content (AvgIpc) is 2.46. The summed E-state index contributed by atoms with van der Waals surface area (Å²) >= 11 is 7.12. The summed E-state index contributed by atoms with van der Waals surface area (Å²) < 4.78 is 7.60. The van der Waals surface area contributed by atoms with Gasteiger partial charge in [0.1, 0.15) is 5.75 Å². The molecule has 0 unspecified atom stereocenters. The van der Waals surface area contributed by atoms with Gasteiger partial charge in [0.25, 0.3) is 0 Å². The van der Waals surface area contributed by atoms with Crippen molar-refractivity contribution in [1.82, 2.24) is 5.32 Å². The third-order valence-corrected chi connectivity index (χ3v) is 5.46. The van der Waals surface area contributed by atoms with E-state index in [2.05, 4.69) is 50.2 Å². The van der Waals surface area contributed by atoms with Crippen LogP contribution in [-0.4, -0.2) is 13.2 Å². The summed E-state index contributed by atoms with van der Waals surface area (Å²) in [5.74, 6) is 1.90. The molecule has 2 nitrogen and oxygen atoms in total. The van der Waals surface area contributed by atoms with E-state index in [0.717, 1.165) is 27.2 Å². The van der Waals surface area contributed by atoms with E-state index >= 15 is 0 Å². The predicted octanol–water partition coefficient (Wildman–Crippen LogP) is 5.67. The molecule has 0 heterocycles. The molecule has 1 saturated carbocycles. The minimum absolute atomic E-state index is 0.653. The molecule has 1 aromatic rings. The molecule has 0 atom stereocenters. The zero-order chi connectivity index (χ0) is 15.2. The summed E-state index contributed by atoms with van der Waals surface area (Å²) in [5, 5.41) is 3.71. The highest BCUT2D eigenvalue weighted by Crippen LogP contribution is 2.33. The fourth-order valence-corrected chi connectivity index (χ4v) is 4.77. The van der Waals surface area contributed by atoms with Gasteiger partial charge in [0.05, 0.1) is 11.6 Å². The first-order chi connectivity index (χ1) is 10.1. The molecule has 0 amide bonds. The van der Waals surface area contributed by atoms with Crippen LogP contribution in [0.3, 0.4) is 0 Å². The van der Waals surface area contributed by atoms with Crippen LogP contribution in [0.4, 0.5) is 0 Å². The van der Waals surface area contributed by atoms with Crippen molar-refractivity contribution in [3.05, 3.63) is 26.6 Å². The Morgan fingerprint density at radius 1 is 1.19 bits per heavy atom. The molecule has 4 heteroatoms. The molecule has 1 aliphatic carbocycles. The van der Waals surface area contributed by atoms with E-state index in [1.54, 1.807) is 7.11 Å². The maximum Gasteiger partial charge on any atom is 0.137 e. The number of benzene rings is 1. The molecule has 1 aliphatic rings. The lowest BCUT2D eigenvalue weighted by Crippen LogP contribution is -2.32. The number of ether oxygens (including phenoxy) is 1. The van der Waals surface area contributed by atoms with Crippen LogP contribution in [0.5, 0.6) is 5.75 Å². The topological polar surface area (TPSA) is 21.3 Å². The third-order valence-electron chi connectivity index (χ3n) is 4.41. The van der Waals surface area contributed by atoms with Crippen molar-refractivity contribution in [3.8, 4) is 5.75 Å². The summed E-state index contributed by atoms with van der Waals surface area (Å²) in [4.78, 5) is 0. The van der Waals surface area contributed by atoms with Crippen LogP contribution in [0.1, 0.15) is 51.0 Å². The van der Waals surface area contributed by atoms with Crippen LogP contribution >= 0.6 is 31.9 Å². The Morgan fingerprint density at radius 3 is 2.52 bits per heavy atom. The van der Waals surface area contributed by atoms with Gasteiger partial charge in [0.2, 0.25) is 0 Å². The molecule has 2 rings (SSSR count). The quantitative estimate of drug-likeness (QED) is 0.642. The van der Waals surface area contributed by atoms with Gasteiger partial charge in [-0.2, -0.15) is 0 Å². The van der Waals surface area contributed by atoms with Crippen molar-refractivity contribution in [3.63, 3.8) is 0 Å². The molecule has 0 saturated heterocycles. The van der Waals surface area contributed by atoms with Crippen molar-refractivity contribution in [1.29, 1.82) is 0 Å². The first kappa shape index (κ1) is 17.3. The van der Waals surface area contributed by atoms with E-state index in [0.29, 0.717) is 6.04 Å². The molecule has 0 bridgehead atoms.